The molecule has 0 saturated carbocycles. The average molecular weight is 445 g/mol. The number of carbonyl (C=O) groups excluding carboxylic acids is 1. The fourth-order valence-corrected chi connectivity index (χ4v) is 4.80. The summed E-state index contributed by atoms with van der Waals surface area (Å²) in [4.78, 5) is 28.9. The van der Waals surface area contributed by atoms with Gasteiger partial charge in [-0.1, -0.05) is 18.2 Å². The van der Waals surface area contributed by atoms with E-state index >= 15 is 0 Å². The molecule has 0 aliphatic carbocycles. The molecule has 1 amide bonds. The lowest BCUT2D eigenvalue weighted by molar-refractivity contribution is -0.120. The predicted octanol–water partition coefficient (Wildman–Crippen LogP) is 2.57. The van der Waals surface area contributed by atoms with Crippen LogP contribution >= 0.6 is 11.3 Å². The molecule has 1 unspecified atom stereocenters. The minimum absolute atomic E-state index is 0.0337. The van der Waals surface area contributed by atoms with Crippen molar-refractivity contribution in [3.63, 3.8) is 0 Å². The molecular weight excluding hydrogens is 424 g/mol. The van der Waals surface area contributed by atoms with Crippen molar-refractivity contribution in [1.82, 2.24) is 14.3 Å². The summed E-state index contributed by atoms with van der Waals surface area (Å²) in [6.07, 6.45) is 0.0534. The van der Waals surface area contributed by atoms with Crippen molar-refractivity contribution in [2.24, 2.45) is 5.73 Å². The summed E-state index contributed by atoms with van der Waals surface area (Å²) in [6, 6.07) is 11.6. The number of hydrogen-bond donors (Lipinski definition) is 1. The lowest BCUT2D eigenvalue weighted by atomic mass is 9.91. The maximum atomic E-state index is 12.9. The van der Waals surface area contributed by atoms with Crippen molar-refractivity contribution in [3.8, 4) is 0 Å². The van der Waals surface area contributed by atoms with Gasteiger partial charge in [0, 0.05) is 34.6 Å². The molecule has 0 radical (unpaired) electrons. The lowest BCUT2D eigenvalue weighted by Gasteiger charge is -2.31. The van der Waals surface area contributed by atoms with Crippen LogP contribution in [-0.4, -0.2) is 33.8 Å². The summed E-state index contributed by atoms with van der Waals surface area (Å²) < 4.78 is 28.0. The van der Waals surface area contributed by atoms with Crippen LogP contribution in [-0.2, 0) is 24.3 Å². The van der Waals surface area contributed by atoms with E-state index in [1.807, 2.05) is 36.4 Å². The van der Waals surface area contributed by atoms with Gasteiger partial charge >= 0.3 is 5.69 Å². The molecule has 1 aliphatic rings. The fourth-order valence-electron chi connectivity index (χ4n) is 3.70. The Morgan fingerprint density at radius 3 is 2.74 bits per heavy atom. The fraction of sp³-hybridized carbons (Fsp3) is 0.286. The van der Waals surface area contributed by atoms with Crippen molar-refractivity contribution in [2.45, 2.75) is 25.4 Å². The largest absolute Gasteiger partial charge is 0.346 e. The van der Waals surface area contributed by atoms with Crippen LogP contribution in [0.25, 0.3) is 0 Å². The zero-order chi connectivity index (χ0) is 22.1. The van der Waals surface area contributed by atoms with Crippen molar-refractivity contribution in [3.05, 3.63) is 80.2 Å². The minimum atomic E-state index is -1.89. The summed E-state index contributed by atoms with van der Waals surface area (Å²) in [5.74, 6) is -0.241. The van der Waals surface area contributed by atoms with Gasteiger partial charge in [-0.05, 0) is 30.2 Å². The van der Waals surface area contributed by atoms with Crippen LogP contribution in [0.1, 0.15) is 21.2 Å². The van der Waals surface area contributed by atoms with Crippen LogP contribution in [0.5, 0.6) is 0 Å². The second kappa shape index (κ2) is 8.56. The minimum Gasteiger partial charge on any atom is -0.327 e. The number of thiophene rings is 1. The van der Waals surface area contributed by atoms with E-state index in [1.165, 1.54) is 22.2 Å². The van der Waals surface area contributed by atoms with Crippen LogP contribution in [0.4, 0.5) is 14.5 Å². The number of hydrogen-bond acceptors (Lipinski definition) is 5. The Labute approximate surface area is 181 Å². The van der Waals surface area contributed by atoms with E-state index in [4.69, 9.17) is 5.73 Å². The third kappa shape index (κ3) is 4.08. The molecule has 0 bridgehead atoms. The van der Waals surface area contributed by atoms with Crippen LogP contribution in [0.3, 0.4) is 0 Å². The molecule has 162 valence electrons. The van der Waals surface area contributed by atoms with Crippen molar-refractivity contribution in [1.29, 1.82) is 0 Å². The number of nitrogens with two attached hydrogens (primary N) is 1. The molecule has 1 aliphatic heterocycles. The number of nitrogens with zero attached hydrogens (tertiary/aromatic N) is 4. The number of amides is 1. The number of rotatable bonds is 6. The van der Waals surface area contributed by atoms with Gasteiger partial charge in [0.05, 0.1) is 19.0 Å². The molecule has 10 heteroatoms. The van der Waals surface area contributed by atoms with E-state index < -0.39 is 11.8 Å². The van der Waals surface area contributed by atoms with Crippen molar-refractivity contribution < 1.29 is 13.6 Å². The molecule has 0 saturated heterocycles. The number of aromatic nitrogens is 3. The Morgan fingerprint density at radius 1 is 1.23 bits per heavy atom. The number of para-hydroxylation sites is 1. The van der Waals surface area contributed by atoms with Crippen LogP contribution in [0, 0.1) is 0 Å². The molecule has 3 heterocycles. The third-order valence-corrected chi connectivity index (χ3v) is 6.59. The molecule has 7 nitrogen and oxygen atoms in total. The summed E-state index contributed by atoms with van der Waals surface area (Å²) >= 11 is 1.46. The quantitative estimate of drug-likeness (QED) is 0.632. The second-order valence-electron chi connectivity index (χ2n) is 7.35. The topological polar surface area (TPSA) is 86.2 Å². The first kappa shape index (κ1) is 21.1. The highest BCUT2D eigenvalue weighted by molar-refractivity contribution is 7.12. The number of benzene rings is 1. The predicted molar refractivity (Wildman–Crippen MR) is 115 cm³/mol. The Morgan fingerprint density at radius 2 is 2.00 bits per heavy atom. The summed E-state index contributed by atoms with van der Waals surface area (Å²) in [7, 11) is 1.78. The highest BCUT2D eigenvalue weighted by Gasteiger charge is 2.32. The highest BCUT2D eigenvalue weighted by atomic mass is 32.1. The second-order valence-corrected chi connectivity index (χ2v) is 8.55. The first-order valence-electron chi connectivity index (χ1n) is 9.68. The molecule has 4 rings (SSSR count). The number of halogens is 2. The molecule has 2 N–H and O–H groups in total. The maximum absolute atomic E-state index is 12.9. The normalized spacial score (nSPS) is 15.8. The van der Waals surface area contributed by atoms with Crippen LogP contribution in [0.2, 0.25) is 0 Å². The van der Waals surface area contributed by atoms with Gasteiger partial charge in [0.25, 0.3) is 6.08 Å². The number of carbonyl (C=O) groups is 1. The first-order chi connectivity index (χ1) is 14.9. The van der Waals surface area contributed by atoms with E-state index in [0.717, 1.165) is 25.7 Å². The maximum Gasteiger partial charge on any atom is 0.346 e. The van der Waals surface area contributed by atoms with Crippen molar-refractivity contribution in [2.75, 3.05) is 18.5 Å². The molecule has 0 fully saturated rings. The summed E-state index contributed by atoms with van der Waals surface area (Å²) in [5, 5.41) is 3.91. The Bertz CT molecular complexity index is 1210. The molecule has 1 atom stereocenters. The smallest absolute Gasteiger partial charge is 0.327 e. The zero-order valence-corrected chi connectivity index (χ0v) is 17.6. The van der Waals surface area contributed by atoms with E-state index in [0.29, 0.717) is 6.42 Å². The van der Waals surface area contributed by atoms with Gasteiger partial charge in [0.1, 0.15) is 6.33 Å². The van der Waals surface area contributed by atoms with Gasteiger partial charge < -0.3 is 10.6 Å². The number of anilines is 1. The summed E-state index contributed by atoms with van der Waals surface area (Å²) in [6.45, 7) is -0.442. The van der Waals surface area contributed by atoms with E-state index in [-0.39, 0.29) is 37.0 Å². The summed E-state index contributed by atoms with van der Waals surface area (Å²) in [5.41, 5.74) is 6.53. The van der Waals surface area contributed by atoms with E-state index in [9.17, 15) is 18.4 Å². The third-order valence-electron chi connectivity index (χ3n) is 5.41. The lowest BCUT2D eigenvalue weighted by Crippen LogP contribution is -2.36. The standard InChI is InChI=1S/C21H21F2N5O2S/c1-26-17-5-3-2-4-13(17)8-16(20(26)29)18-7-6-15(31-18)11-27-12-25-28(21(27)30)10-14(9-24)19(22)23/h2-7,12,16H,8-11,24H2,1H3. The van der Waals surface area contributed by atoms with E-state index in [2.05, 4.69) is 5.10 Å². The van der Waals surface area contributed by atoms with Gasteiger partial charge in [0.2, 0.25) is 5.91 Å². The van der Waals surface area contributed by atoms with Gasteiger partial charge in [-0.2, -0.15) is 13.9 Å². The van der Waals surface area contributed by atoms with E-state index in [1.54, 1.807) is 11.9 Å². The van der Waals surface area contributed by atoms with Gasteiger partial charge in [0.15, 0.2) is 0 Å². The molecule has 3 aromatic rings. The number of fused-ring (bicyclic) bond motifs is 1. The zero-order valence-electron chi connectivity index (χ0n) is 16.8. The first-order valence-corrected chi connectivity index (χ1v) is 10.5. The number of likely N-dealkylation sites (N-methyl/N-ethyl adjacent to an activating group) is 1. The van der Waals surface area contributed by atoms with Gasteiger partial charge in [-0.15, -0.1) is 11.3 Å². The highest BCUT2D eigenvalue weighted by Crippen LogP contribution is 2.37. The van der Waals surface area contributed by atoms with Crippen LogP contribution < -0.4 is 16.3 Å². The Balaban J connectivity index is 1.53. The van der Waals surface area contributed by atoms with Gasteiger partial charge in [-0.3, -0.25) is 9.36 Å². The molecular formula is C21H21F2N5O2S. The SMILES string of the molecule is CN1C(=O)C(c2ccc(Cn3cnn(CC(CN)=C(F)F)c3=O)s2)Cc2ccccc21. The molecule has 2 aromatic heterocycles. The Kier molecular flexibility index (Phi) is 5.84. The van der Waals surface area contributed by atoms with Gasteiger partial charge in [-0.25, -0.2) is 9.48 Å². The average Bonchev–Trinajstić information content (AvgIpc) is 3.36. The molecule has 0 spiro atoms. The Hall–Kier alpha value is -3.11. The van der Waals surface area contributed by atoms with Crippen LogP contribution in [0.15, 0.2) is 59.2 Å². The molecule has 1 aromatic carbocycles. The molecule has 31 heavy (non-hydrogen) atoms. The van der Waals surface area contributed by atoms with Crippen molar-refractivity contribution >= 4 is 22.9 Å². The monoisotopic (exact) mass is 445 g/mol.